The number of carbonyl (C=O) groups excluding carboxylic acids is 1. The molecule has 0 aliphatic carbocycles. The quantitative estimate of drug-likeness (QED) is 0.886. The second kappa shape index (κ2) is 6.35. The van der Waals surface area contributed by atoms with Gasteiger partial charge in [0.2, 0.25) is 5.91 Å². The number of halogens is 1. The zero-order chi connectivity index (χ0) is 14.6. The van der Waals surface area contributed by atoms with Crippen molar-refractivity contribution in [1.82, 2.24) is 10.6 Å². The number of amides is 1. The maximum Gasteiger partial charge on any atom is 0.226 e. The van der Waals surface area contributed by atoms with Crippen LogP contribution in [-0.4, -0.2) is 25.5 Å². The second-order valence-corrected chi connectivity index (χ2v) is 5.89. The van der Waals surface area contributed by atoms with Crippen LogP contribution in [0.25, 0.3) is 0 Å². The van der Waals surface area contributed by atoms with Gasteiger partial charge in [-0.05, 0) is 62.5 Å². The van der Waals surface area contributed by atoms with Gasteiger partial charge in [-0.25, -0.2) is 4.39 Å². The van der Waals surface area contributed by atoms with Gasteiger partial charge in [-0.2, -0.15) is 0 Å². The standard InChI is InChI=1S/C16H23FN2O/c1-12-11-14(17)4-3-13(12)5-8-19-15(20)16(2)6-9-18-10-7-16/h3-4,11,18H,5-10H2,1-2H3,(H,19,20). The lowest BCUT2D eigenvalue weighted by Gasteiger charge is -2.32. The summed E-state index contributed by atoms with van der Waals surface area (Å²) in [5.41, 5.74) is 1.78. The average Bonchev–Trinajstić information content (AvgIpc) is 2.42. The van der Waals surface area contributed by atoms with E-state index in [9.17, 15) is 9.18 Å². The summed E-state index contributed by atoms with van der Waals surface area (Å²) < 4.78 is 13.0. The third-order valence-electron chi connectivity index (χ3n) is 4.24. The largest absolute Gasteiger partial charge is 0.355 e. The van der Waals surface area contributed by atoms with Crippen LogP contribution in [-0.2, 0) is 11.2 Å². The zero-order valence-corrected chi connectivity index (χ0v) is 12.3. The Kier molecular flexibility index (Phi) is 4.76. The van der Waals surface area contributed by atoms with E-state index in [-0.39, 0.29) is 17.1 Å². The van der Waals surface area contributed by atoms with Crippen LogP contribution in [0.2, 0.25) is 0 Å². The van der Waals surface area contributed by atoms with Crippen LogP contribution in [0.15, 0.2) is 18.2 Å². The highest BCUT2D eigenvalue weighted by atomic mass is 19.1. The fourth-order valence-electron chi connectivity index (χ4n) is 2.67. The molecule has 4 heteroatoms. The van der Waals surface area contributed by atoms with Gasteiger partial charge in [0.1, 0.15) is 5.82 Å². The van der Waals surface area contributed by atoms with Crippen molar-refractivity contribution in [2.24, 2.45) is 5.41 Å². The van der Waals surface area contributed by atoms with Crippen molar-refractivity contribution < 1.29 is 9.18 Å². The van der Waals surface area contributed by atoms with E-state index in [0.29, 0.717) is 6.54 Å². The normalized spacial score (nSPS) is 17.8. The Morgan fingerprint density at radius 3 is 2.75 bits per heavy atom. The average molecular weight is 278 g/mol. The van der Waals surface area contributed by atoms with Gasteiger partial charge >= 0.3 is 0 Å². The molecule has 3 nitrogen and oxygen atoms in total. The summed E-state index contributed by atoms with van der Waals surface area (Å²) in [7, 11) is 0. The number of rotatable bonds is 4. The lowest BCUT2D eigenvalue weighted by molar-refractivity contribution is -0.131. The number of benzene rings is 1. The van der Waals surface area contributed by atoms with E-state index in [1.807, 2.05) is 13.8 Å². The molecule has 0 unspecified atom stereocenters. The highest BCUT2D eigenvalue weighted by molar-refractivity contribution is 5.82. The molecule has 1 fully saturated rings. The van der Waals surface area contributed by atoms with Gasteiger partial charge in [0, 0.05) is 12.0 Å². The molecule has 1 aliphatic rings. The number of nitrogens with one attached hydrogen (secondary N) is 2. The van der Waals surface area contributed by atoms with Gasteiger partial charge in [-0.3, -0.25) is 4.79 Å². The minimum absolute atomic E-state index is 0.138. The van der Waals surface area contributed by atoms with Crippen molar-refractivity contribution in [3.05, 3.63) is 35.1 Å². The van der Waals surface area contributed by atoms with Crippen molar-refractivity contribution in [3.63, 3.8) is 0 Å². The zero-order valence-electron chi connectivity index (χ0n) is 12.3. The van der Waals surface area contributed by atoms with Gasteiger partial charge in [-0.15, -0.1) is 0 Å². The molecule has 0 aromatic heterocycles. The summed E-state index contributed by atoms with van der Waals surface area (Å²) in [6.45, 7) is 6.34. The van der Waals surface area contributed by atoms with Crippen molar-refractivity contribution in [2.45, 2.75) is 33.1 Å². The SMILES string of the molecule is Cc1cc(F)ccc1CCNC(=O)C1(C)CCNCC1. The van der Waals surface area contributed by atoms with E-state index in [2.05, 4.69) is 10.6 Å². The van der Waals surface area contributed by atoms with Crippen LogP contribution in [0.5, 0.6) is 0 Å². The molecule has 2 rings (SSSR count). The van der Waals surface area contributed by atoms with Crippen LogP contribution in [0.3, 0.4) is 0 Å². The van der Waals surface area contributed by atoms with E-state index in [4.69, 9.17) is 0 Å². The molecule has 0 bridgehead atoms. The third kappa shape index (κ3) is 3.57. The van der Waals surface area contributed by atoms with Crippen molar-refractivity contribution in [3.8, 4) is 0 Å². The molecule has 1 aromatic rings. The number of aryl methyl sites for hydroxylation is 1. The summed E-state index contributed by atoms with van der Waals surface area (Å²) in [6.07, 6.45) is 2.51. The Bertz CT molecular complexity index is 481. The van der Waals surface area contributed by atoms with E-state index in [1.54, 1.807) is 6.07 Å². The predicted octanol–water partition coefficient (Wildman–Crippen LogP) is 2.18. The number of hydrogen-bond acceptors (Lipinski definition) is 2. The smallest absolute Gasteiger partial charge is 0.226 e. The van der Waals surface area contributed by atoms with E-state index < -0.39 is 0 Å². The van der Waals surface area contributed by atoms with Crippen LogP contribution < -0.4 is 10.6 Å². The summed E-state index contributed by atoms with van der Waals surface area (Å²) in [4.78, 5) is 12.3. The first kappa shape index (κ1) is 15.0. The first-order chi connectivity index (χ1) is 9.51. The molecular formula is C16H23FN2O. The molecule has 110 valence electrons. The Labute approximate surface area is 120 Å². The molecule has 0 atom stereocenters. The third-order valence-corrected chi connectivity index (χ3v) is 4.24. The van der Waals surface area contributed by atoms with Crippen molar-refractivity contribution >= 4 is 5.91 Å². The van der Waals surface area contributed by atoms with Crippen LogP contribution in [0.4, 0.5) is 4.39 Å². The fourth-order valence-corrected chi connectivity index (χ4v) is 2.67. The highest BCUT2D eigenvalue weighted by Crippen LogP contribution is 2.27. The minimum atomic E-state index is -0.247. The van der Waals surface area contributed by atoms with Gasteiger partial charge in [0.15, 0.2) is 0 Å². The minimum Gasteiger partial charge on any atom is -0.355 e. The molecule has 1 amide bonds. The Morgan fingerprint density at radius 2 is 2.10 bits per heavy atom. The first-order valence-electron chi connectivity index (χ1n) is 7.25. The molecule has 1 aliphatic heterocycles. The molecule has 1 saturated heterocycles. The van der Waals surface area contributed by atoms with Crippen molar-refractivity contribution in [1.29, 1.82) is 0 Å². The Balaban J connectivity index is 1.84. The molecule has 1 aromatic carbocycles. The Hall–Kier alpha value is -1.42. The van der Waals surface area contributed by atoms with Crippen LogP contribution >= 0.6 is 0 Å². The molecule has 0 radical (unpaired) electrons. The van der Waals surface area contributed by atoms with Crippen LogP contribution in [0.1, 0.15) is 30.9 Å². The maximum atomic E-state index is 13.0. The van der Waals surface area contributed by atoms with E-state index in [1.165, 1.54) is 12.1 Å². The molecule has 0 spiro atoms. The number of hydrogen-bond donors (Lipinski definition) is 2. The summed E-state index contributed by atoms with van der Waals surface area (Å²) >= 11 is 0. The monoisotopic (exact) mass is 278 g/mol. The number of carbonyl (C=O) groups is 1. The first-order valence-corrected chi connectivity index (χ1v) is 7.25. The lowest BCUT2D eigenvalue weighted by Crippen LogP contribution is -2.46. The van der Waals surface area contributed by atoms with Crippen molar-refractivity contribution in [2.75, 3.05) is 19.6 Å². The highest BCUT2D eigenvalue weighted by Gasteiger charge is 2.34. The van der Waals surface area contributed by atoms with Gasteiger partial charge in [0.25, 0.3) is 0 Å². The fraction of sp³-hybridized carbons (Fsp3) is 0.562. The topological polar surface area (TPSA) is 41.1 Å². The summed E-state index contributed by atoms with van der Waals surface area (Å²) in [5.74, 6) is -0.0729. The molecule has 20 heavy (non-hydrogen) atoms. The van der Waals surface area contributed by atoms with Crippen LogP contribution in [0, 0.1) is 18.2 Å². The summed E-state index contributed by atoms with van der Waals surface area (Å²) in [6, 6.07) is 4.80. The maximum absolute atomic E-state index is 13.0. The molecule has 2 N–H and O–H groups in total. The molecule has 0 saturated carbocycles. The van der Waals surface area contributed by atoms with E-state index in [0.717, 1.165) is 43.5 Å². The van der Waals surface area contributed by atoms with Gasteiger partial charge in [0.05, 0.1) is 0 Å². The molecular weight excluding hydrogens is 255 g/mol. The lowest BCUT2D eigenvalue weighted by atomic mass is 9.80. The van der Waals surface area contributed by atoms with Gasteiger partial charge in [-0.1, -0.05) is 13.0 Å². The number of piperidine rings is 1. The summed E-state index contributed by atoms with van der Waals surface area (Å²) in [5, 5.41) is 6.30. The van der Waals surface area contributed by atoms with Gasteiger partial charge < -0.3 is 10.6 Å². The van der Waals surface area contributed by atoms with E-state index >= 15 is 0 Å². The second-order valence-electron chi connectivity index (χ2n) is 5.89. The Morgan fingerprint density at radius 1 is 1.40 bits per heavy atom. The molecule has 1 heterocycles. The predicted molar refractivity (Wildman–Crippen MR) is 78.1 cm³/mol.